The predicted octanol–water partition coefficient (Wildman–Crippen LogP) is 3.24. The van der Waals surface area contributed by atoms with Crippen molar-refractivity contribution in [2.24, 2.45) is 5.92 Å². The van der Waals surface area contributed by atoms with E-state index in [0.29, 0.717) is 6.04 Å². The van der Waals surface area contributed by atoms with E-state index in [1.807, 2.05) is 0 Å². The van der Waals surface area contributed by atoms with Crippen LogP contribution in [-0.2, 0) is 19.4 Å². The van der Waals surface area contributed by atoms with Crippen LogP contribution in [0.25, 0.3) is 0 Å². The molecule has 20 heavy (non-hydrogen) atoms. The van der Waals surface area contributed by atoms with Gasteiger partial charge in [-0.1, -0.05) is 32.0 Å². The van der Waals surface area contributed by atoms with E-state index in [1.165, 1.54) is 31.2 Å². The summed E-state index contributed by atoms with van der Waals surface area (Å²) >= 11 is 0. The van der Waals surface area contributed by atoms with Gasteiger partial charge in [-0.25, -0.2) is 0 Å². The van der Waals surface area contributed by atoms with Crippen LogP contribution in [0, 0.1) is 5.92 Å². The highest BCUT2D eigenvalue weighted by atomic mass is 15.1. The average Bonchev–Trinajstić information content (AvgIpc) is 2.81. The summed E-state index contributed by atoms with van der Waals surface area (Å²) in [6.07, 6.45) is 5.13. The van der Waals surface area contributed by atoms with Crippen LogP contribution < -0.4 is 5.32 Å². The SMILES string of the molecule is CC(C)CC(CN(C)C)NCc1ccc2c(c1)CCC2. The molecule has 1 aromatic rings. The summed E-state index contributed by atoms with van der Waals surface area (Å²) in [5.41, 5.74) is 4.59. The summed E-state index contributed by atoms with van der Waals surface area (Å²) in [6, 6.07) is 7.64. The zero-order valence-corrected chi connectivity index (χ0v) is 13.6. The number of nitrogens with zero attached hydrogens (tertiary/aromatic N) is 1. The maximum Gasteiger partial charge on any atom is 0.0208 e. The van der Waals surface area contributed by atoms with Crippen molar-refractivity contribution in [2.75, 3.05) is 20.6 Å². The molecule has 0 saturated heterocycles. The van der Waals surface area contributed by atoms with Crippen LogP contribution in [0.1, 0.15) is 43.4 Å². The smallest absolute Gasteiger partial charge is 0.0208 e. The van der Waals surface area contributed by atoms with Gasteiger partial charge in [0.25, 0.3) is 0 Å². The number of rotatable bonds is 7. The molecule has 1 aliphatic carbocycles. The Morgan fingerprint density at radius 2 is 1.90 bits per heavy atom. The molecule has 0 spiro atoms. The second-order valence-electron chi connectivity index (χ2n) is 6.93. The molecule has 0 bridgehead atoms. The minimum absolute atomic E-state index is 0.582. The number of likely N-dealkylation sites (N-methyl/N-ethyl adjacent to an activating group) is 1. The summed E-state index contributed by atoms with van der Waals surface area (Å²) in [5, 5.41) is 3.75. The molecule has 0 radical (unpaired) electrons. The summed E-state index contributed by atoms with van der Waals surface area (Å²) in [4.78, 5) is 2.28. The average molecular weight is 274 g/mol. The first-order valence-corrected chi connectivity index (χ1v) is 8.03. The lowest BCUT2D eigenvalue weighted by Crippen LogP contribution is -2.38. The third kappa shape index (κ3) is 4.60. The Morgan fingerprint density at radius 1 is 1.15 bits per heavy atom. The van der Waals surface area contributed by atoms with Crippen LogP contribution in [-0.4, -0.2) is 31.6 Å². The fourth-order valence-electron chi connectivity index (χ4n) is 3.23. The Bertz CT molecular complexity index is 413. The second-order valence-corrected chi connectivity index (χ2v) is 6.93. The summed E-state index contributed by atoms with van der Waals surface area (Å²) in [6.45, 7) is 6.72. The molecule has 2 heteroatoms. The Kier molecular flexibility index (Phi) is 5.62. The van der Waals surface area contributed by atoms with Gasteiger partial charge in [0.2, 0.25) is 0 Å². The lowest BCUT2D eigenvalue weighted by molar-refractivity contribution is 0.305. The van der Waals surface area contributed by atoms with E-state index in [0.717, 1.165) is 19.0 Å². The van der Waals surface area contributed by atoms with Crippen LogP contribution >= 0.6 is 0 Å². The summed E-state index contributed by atoms with van der Waals surface area (Å²) in [7, 11) is 4.31. The number of nitrogens with one attached hydrogen (secondary N) is 1. The van der Waals surface area contributed by atoms with Gasteiger partial charge in [0.15, 0.2) is 0 Å². The Balaban J connectivity index is 1.91. The van der Waals surface area contributed by atoms with E-state index in [1.54, 1.807) is 11.1 Å². The van der Waals surface area contributed by atoms with Crippen LogP contribution in [0.2, 0.25) is 0 Å². The zero-order valence-electron chi connectivity index (χ0n) is 13.6. The molecule has 0 aliphatic heterocycles. The fourth-order valence-corrected chi connectivity index (χ4v) is 3.23. The predicted molar refractivity (Wildman–Crippen MR) is 87.1 cm³/mol. The standard InChI is InChI=1S/C18H30N2/c1-14(2)10-18(13-20(3)4)19-12-15-8-9-16-6-5-7-17(16)11-15/h8-9,11,14,18-19H,5-7,10,12-13H2,1-4H3. The lowest BCUT2D eigenvalue weighted by Gasteiger charge is -2.24. The maximum absolute atomic E-state index is 3.75. The summed E-state index contributed by atoms with van der Waals surface area (Å²) < 4.78 is 0. The van der Waals surface area contributed by atoms with Gasteiger partial charge in [-0.2, -0.15) is 0 Å². The quantitative estimate of drug-likeness (QED) is 0.821. The van der Waals surface area contributed by atoms with Gasteiger partial charge in [-0.3, -0.25) is 0 Å². The van der Waals surface area contributed by atoms with E-state index >= 15 is 0 Å². The zero-order chi connectivity index (χ0) is 14.5. The van der Waals surface area contributed by atoms with Crippen molar-refractivity contribution >= 4 is 0 Å². The molecular formula is C18H30N2. The number of fused-ring (bicyclic) bond motifs is 1. The normalized spacial score (nSPS) is 15.9. The minimum atomic E-state index is 0.582. The molecule has 1 unspecified atom stereocenters. The van der Waals surface area contributed by atoms with E-state index < -0.39 is 0 Å². The van der Waals surface area contributed by atoms with Crippen LogP contribution in [0.5, 0.6) is 0 Å². The lowest BCUT2D eigenvalue weighted by atomic mass is 10.0. The van der Waals surface area contributed by atoms with Crippen LogP contribution in [0.3, 0.4) is 0 Å². The van der Waals surface area contributed by atoms with Crippen molar-refractivity contribution in [3.8, 4) is 0 Å². The molecule has 2 nitrogen and oxygen atoms in total. The maximum atomic E-state index is 3.75. The van der Waals surface area contributed by atoms with Crippen molar-refractivity contribution in [1.29, 1.82) is 0 Å². The Morgan fingerprint density at radius 3 is 2.60 bits per heavy atom. The molecule has 1 atom stereocenters. The highest BCUT2D eigenvalue weighted by molar-refractivity contribution is 5.35. The first kappa shape index (κ1) is 15.5. The number of hydrogen-bond donors (Lipinski definition) is 1. The third-order valence-electron chi connectivity index (χ3n) is 4.10. The molecule has 2 rings (SSSR count). The van der Waals surface area contributed by atoms with Crippen LogP contribution in [0.15, 0.2) is 18.2 Å². The Hall–Kier alpha value is -0.860. The number of benzene rings is 1. The Labute approximate surface area is 124 Å². The molecule has 0 saturated carbocycles. The second kappa shape index (κ2) is 7.24. The largest absolute Gasteiger partial charge is 0.309 e. The monoisotopic (exact) mass is 274 g/mol. The molecule has 0 heterocycles. The van der Waals surface area contributed by atoms with Gasteiger partial charge in [0, 0.05) is 19.1 Å². The van der Waals surface area contributed by atoms with Gasteiger partial charge in [0.05, 0.1) is 0 Å². The van der Waals surface area contributed by atoms with Gasteiger partial charge >= 0.3 is 0 Å². The first-order valence-electron chi connectivity index (χ1n) is 8.03. The molecule has 1 aliphatic rings. The van der Waals surface area contributed by atoms with Gasteiger partial charge in [-0.15, -0.1) is 0 Å². The molecule has 1 aromatic carbocycles. The van der Waals surface area contributed by atoms with Crippen molar-refractivity contribution in [3.05, 3.63) is 34.9 Å². The van der Waals surface area contributed by atoms with E-state index in [4.69, 9.17) is 0 Å². The van der Waals surface area contributed by atoms with Crippen molar-refractivity contribution in [2.45, 2.75) is 52.1 Å². The van der Waals surface area contributed by atoms with Gasteiger partial charge in [0.1, 0.15) is 0 Å². The van der Waals surface area contributed by atoms with Gasteiger partial charge < -0.3 is 10.2 Å². The van der Waals surface area contributed by atoms with Crippen molar-refractivity contribution in [1.82, 2.24) is 10.2 Å². The van der Waals surface area contributed by atoms with Gasteiger partial charge in [-0.05, 0) is 62.4 Å². The molecule has 0 aromatic heterocycles. The molecule has 0 amide bonds. The first-order chi connectivity index (χ1) is 9.54. The molecule has 112 valence electrons. The van der Waals surface area contributed by atoms with Crippen molar-refractivity contribution < 1.29 is 0 Å². The molecule has 1 N–H and O–H groups in total. The topological polar surface area (TPSA) is 15.3 Å². The molecule has 0 fully saturated rings. The highest BCUT2D eigenvalue weighted by Gasteiger charge is 2.13. The summed E-state index contributed by atoms with van der Waals surface area (Å²) in [5.74, 6) is 0.743. The van der Waals surface area contributed by atoms with E-state index in [-0.39, 0.29) is 0 Å². The number of hydrogen-bond acceptors (Lipinski definition) is 2. The van der Waals surface area contributed by atoms with Crippen LogP contribution in [0.4, 0.5) is 0 Å². The fraction of sp³-hybridized carbons (Fsp3) is 0.667. The third-order valence-corrected chi connectivity index (χ3v) is 4.10. The van der Waals surface area contributed by atoms with Crippen molar-refractivity contribution in [3.63, 3.8) is 0 Å². The minimum Gasteiger partial charge on any atom is -0.309 e. The van der Waals surface area contributed by atoms with E-state index in [9.17, 15) is 0 Å². The molecular weight excluding hydrogens is 244 g/mol. The highest BCUT2D eigenvalue weighted by Crippen LogP contribution is 2.22. The van der Waals surface area contributed by atoms with E-state index in [2.05, 4.69) is 56.4 Å². The number of aryl methyl sites for hydroxylation is 2.